The quantitative estimate of drug-likeness (QED) is 0.279. The van der Waals surface area contributed by atoms with Crippen LogP contribution in [0.25, 0.3) is 11.0 Å². The fourth-order valence-corrected chi connectivity index (χ4v) is 3.64. The number of benzene rings is 2. The predicted octanol–water partition coefficient (Wildman–Crippen LogP) is 3.47. The van der Waals surface area contributed by atoms with Gasteiger partial charge in [0.25, 0.3) is 6.47 Å². The molecule has 8 nitrogen and oxygen atoms in total. The van der Waals surface area contributed by atoms with E-state index in [1.54, 1.807) is 0 Å². The number of amides is 1. The van der Waals surface area contributed by atoms with Gasteiger partial charge in [-0.05, 0) is 50.5 Å². The number of fused-ring (bicyclic) bond motifs is 1. The molecule has 0 fully saturated rings. The first kappa shape index (κ1) is 26.2. The molecule has 3 rings (SSSR count). The second-order valence-corrected chi connectivity index (χ2v) is 8.53. The molecule has 3 aromatic rings. The van der Waals surface area contributed by atoms with Crippen molar-refractivity contribution >= 4 is 52.6 Å². The Balaban J connectivity index is 0.000000890. The van der Waals surface area contributed by atoms with E-state index in [1.807, 2.05) is 56.6 Å². The fraction of sp³-hybridized carbons (Fsp3) is 0.261. The Morgan fingerprint density at radius 1 is 1.24 bits per heavy atom. The van der Waals surface area contributed by atoms with Gasteiger partial charge in [-0.1, -0.05) is 35.7 Å². The highest BCUT2D eigenvalue weighted by Crippen LogP contribution is 2.32. The summed E-state index contributed by atoms with van der Waals surface area (Å²) in [6.07, 6.45) is 1.99. The van der Waals surface area contributed by atoms with E-state index < -0.39 is 11.5 Å². The number of carbonyl (C=O) groups is 2. The van der Waals surface area contributed by atoms with Crippen molar-refractivity contribution in [2.45, 2.75) is 12.8 Å². The van der Waals surface area contributed by atoms with Crippen LogP contribution in [-0.2, 0) is 22.4 Å². The summed E-state index contributed by atoms with van der Waals surface area (Å²) in [6.45, 7) is 0.222. The lowest BCUT2D eigenvalue weighted by molar-refractivity contribution is -0.120. The SMILES string of the molecule is CN(C)C.CSNc1cccc(Cc2c(CC(N)=O)c3cc(Cl)c(OC=O)cc3oc2=O)c1. The lowest BCUT2D eigenvalue weighted by Crippen LogP contribution is -2.19. The number of nitrogens with two attached hydrogens (primary N) is 1. The number of nitrogens with one attached hydrogen (secondary N) is 1. The van der Waals surface area contributed by atoms with Gasteiger partial charge in [0, 0.05) is 35.4 Å². The van der Waals surface area contributed by atoms with E-state index in [1.165, 1.54) is 24.1 Å². The topological polar surface area (TPSA) is 115 Å². The molecule has 1 amide bonds. The molecule has 3 N–H and O–H groups in total. The average Bonchev–Trinajstić information content (AvgIpc) is 2.72. The number of primary amides is 1. The molecule has 33 heavy (non-hydrogen) atoms. The summed E-state index contributed by atoms with van der Waals surface area (Å²) in [5, 5.41) is 0.598. The molecule has 0 unspecified atom stereocenters. The van der Waals surface area contributed by atoms with Gasteiger partial charge in [0.15, 0.2) is 5.75 Å². The van der Waals surface area contributed by atoms with E-state index in [2.05, 4.69) is 4.72 Å². The van der Waals surface area contributed by atoms with Gasteiger partial charge < -0.3 is 24.5 Å². The van der Waals surface area contributed by atoms with Crippen LogP contribution >= 0.6 is 23.5 Å². The molecule has 10 heteroatoms. The van der Waals surface area contributed by atoms with Crippen LogP contribution in [0.15, 0.2) is 45.6 Å². The summed E-state index contributed by atoms with van der Waals surface area (Å²) >= 11 is 7.62. The van der Waals surface area contributed by atoms with Gasteiger partial charge in [-0.15, -0.1) is 0 Å². The molecule has 1 aromatic heterocycles. The van der Waals surface area contributed by atoms with Crippen molar-refractivity contribution in [1.82, 2.24) is 4.90 Å². The third-order valence-electron chi connectivity index (χ3n) is 4.23. The van der Waals surface area contributed by atoms with Gasteiger partial charge in [0.1, 0.15) is 5.58 Å². The van der Waals surface area contributed by atoms with Gasteiger partial charge in [-0.2, -0.15) is 0 Å². The van der Waals surface area contributed by atoms with Crippen molar-refractivity contribution in [2.75, 3.05) is 32.1 Å². The second-order valence-electron chi connectivity index (χ2n) is 7.51. The van der Waals surface area contributed by atoms with E-state index in [0.717, 1.165) is 11.3 Å². The first-order chi connectivity index (χ1) is 15.7. The van der Waals surface area contributed by atoms with Crippen molar-refractivity contribution in [3.05, 3.63) is 68.5 Å². The number of rotatable bonds is 8. The Bertz CT molecular complexity index is 1190. The maximum atomic E-state index is 12.7. The summed E-state index contributed by atoms with van der Waals surface area (Å²) in [7, 11) is 6.00. The predicted molar refractivity (Wildman–Crippen MR) is 133 cm³/mol. The number of hydrogen-bond donors (Lipinski definition) is 2. The van der Waals surface area contributed by atoms with Crippen molar-refractivity contribution < 1.29 is 18.7 Å². The van der Waals surface area contributed by atoms with E-state index >= 15 is 0 Å². The number of carbonyl (C=O) groups excluding carboxylic acids is 2. The number of anilines is 1. The van der Waals surface area contributed by atoms with E-state index in [4.69, 9.17) is 26.5 Å². The van der Waals surface area contributed by atoms with Crippen LogP contribution in [0.3, 0.4) is 0 Å². The van der Waals surface area contributed by atoms with Crippen molar-refractivity contribution in [3.8, 4) is 5.75 Å². The highest BCUT2D eigenvalue weighted by Gasteiger charge is 2.19. The van der Waals surface area contributed by atoms with Gasteiger partial charge in [0.05, 0.1) is 11.4 Å². The van der Waals surface area contributed by atoms with Crippen LogP contribution in [0.5, 0.6) is 5.75 Å². The maximum Gasteiger partial charge on any atom is 0.340 e. The zero-order valence-corrected chi connectivity index (χ0v) is 20.4. The summed E-state index contributed by atoms with van der Waals surface area (Å²) in [5.74, 6) is -0.550. The highest BCUT2D eigenvalue weighted by molar-refractivity contribution is 7.99. The molecule has 0 aliphatic carbocycles. The minimum absolute atomic E-state index is 0.0472. The zero-order chi connectivity index (χ0) is 24.5. The first-order valence-corrected chi connectivity index (χ1v) is 11.4. The summed E-state index contributed by atoms with van der Waals surface area (Å²) < 4.78 is 13.3. The van der Waals surface area contributed by atoms with Crippen molar-refractivity contribution in [2.24, 2.45) is 5.73 Å². The van der Waals surface area contributed by atoms with Crippen LogP contribution in [0.4, 0.5) is 5.69 Å². The largest absolute Gasteiger partial charge is 0.427 e. The molecule has 0 radical (unpaired) electrons. The number of hydrogen-bond acceptors (Lipinski definition) is 8. The molecule has 0 saturated carbocycles. The minimum atomic E-state index is -0.601. The van der Waals surface area contributed by atoms with E-state index in [9.17, 15) is 14.4 Å². The normalized spacial score (nSPS) is 10.5. The summed E-state index contributed by atoms with van der Waals surface area (Å²) in [4.78, 5) is 37.0. The van der Waals surface area contributed by atoms with Gasteiger partial charge in [-0.3, -0.25) is 9.59 Å². The van der Waals surface area contributed by atoms with Crippen LogP contribution < -0.4 is 20.8 Å². The molecule has 1 heterocycles. The van der Waals surface area contributed by atoms with Gasteiger partial charge >= 0.3 is 5.63 Å². The third-order valence-corrected chi connectivity index (χ3v) is 4.96. The fourth-order valence-electron chi connectivity index (χ4n) is 3.07. The number of nitrogens with zero attached hydrogens (tertiary/aromatic N) is 1. The Morgan fingerprint density at radius 2 is 1.94 bits per heavy atom. The highest BCUT2D eigenvalue weighted by atomic mass is 35.5. The smallest absolute Gasteiger partial charge is 0.340 e. The number of halogens is 1. The van der Waals surface area contributed by atoms with Crippen LogP contribution in [0.2, 0.25) is 5.02 Å². The summed E-state index contributed by atoms with van der Waals surface area (Å²) in [6, 6.07) is 10.4. The molecule has 0 aliphatic rings. The average molecular weight is 492 g/mol. The minimum Gasteiger partial charge on any atom is -0.427 e. The molecule has 0 atom stereocenters. The lowest BCUT2D eigenvalue weighted by Gasteiger charge is -2.13. The Morgan fingerprint density at radius 3 is 2.55 bits per heavy atom. The van der Waals surface area contributed by atoms with Crippen LogP contribution in [0, 0.1) is 0 Å². The van der Waals surface area contributed by atoms with Crippen LogP contribution in [0.1, 0.15) is 16.7 Å². The Hall–Kier alpha value is -3.01. The van der Waals surface area contributed by atoms with E-state index in [0.29, 0.717) is 16.5 Å². The molecule has 2 aromatic carbocycles. The lowest BCUT2D eigenvalue weighted by atomic mass is 9.96. The Labute approximate surface area is 201 Å². The van der Waals surface area contributed by atoms with Crippen molar-refractivity contribution in [3.63, 3.8) is 0 Å². The van der Waals surface area contributed by atoms with Gasteiger partial charge in [0.2, 0.25) is 5.91 Å². The van der Waals surface area contributed by atoms with E-state index in [-0.39, 0.29) is 35.7 Å². The standard InChI is InChI=1S/C20H17ClN2O5S.C3H9N/c1-29-23-12-4-2-3-11(5-12)6-15-13(8-19(22)25)14-7-16(21)18(27-10-24)9-17(14)28-20(15)26;1-4(2)3/h2-5,7,9-10,23H,6,8H2,1H3,(H2,22,25);1-3H3. The molecular weight excluding hydrogens is 466 g/mol. The molecule has 0 spiro atoms. The Kier molecular flexibility index (Phi) is 9.77. The van der Waals surface area contributed by atoms with Gasteiger partial charge in [-0.25, -0.2) is 4.79 Å². The molecule has 0 aliphatic heterocycles. The monoisotopic (exact) mass is 491 g/mol. The molecular formula is C23H26ClN3O5S. The second kappa shape index (κ2) is 12.3. The van der Waals surface area contributed by atoms with Crippen molar-refractivity contribution in [1.29, 1.82) is 0 Å². The maximum absolute atomic E-state index is 12.7. The third kappa shape index (κ3) is 7.52. The molecule has 176 valence electrons. The first-order valence-electron chi connectivity index (χ1n) is 9.81. The zero-order valence-electron chi connectivity index (χ0n) is 18.8. The molecule has 0 bridgehead atoms. The summed E-state index contributed by atoms with van der Waals surface area (Å²) in [5.41, 5.74) is 7.46. The molecule has 0 saturated heterocycles. The van der Waals surface area contributed by atoms with Crippen LogP contribution in [-0.4, -0.2) is 44.7 Å². The number of ether oxygens (including phenoxy) is 1.